The van der Waals surface area contributed by atoms with Crippen molar-refractivity contribution in [2.45, 2.75) is 96.6 Å². The molecule has 2 nitrogen and oxygen atoms in total. The van der Waals surface area contributed by atoms with Crippen LogP contribution < -0.4 is 0 Å². The summed E-state index contributed by atoms with van der Waals surface area (Å²) in [5.74, 6) is 0.955. The highest BCUT2D eigenvalue weighted by Gasteiger charge is 2.38. The fourth-order valence-corrected chi connectivity index (χ4v) is 3.49. The summed E-state index contributed by atoms with van der Waals surface area (Å²) in [6.07, 6.45) is 13.2. The molecular formula is C22H35NO. The second-order valence-electron chi connectivity index (χ2n) is 7.65. The van der Waals surface area contributed by atoms with Gasteiger partial charge in [-0.05, 0) is 25.8 Å². The molecule has 0 amide bonds. The zero-order valence-corrected chi connectivity index (χ0v) is 15.9. The number of benzene rings is 1. The van der Waals surface area contributed by atoms with E-state index in [1.54, 1.807) is 0 Å². The summed E-state index contributed by atoms with van der Waals surface area (Å²) < 4.78 is 6.18. The van der Waals surface area contributed by atoms with Gasteiger partial charge in [0.1, 0.15) is 6.10 Å². The van der Waals surface area contributed by atoms with Gasteiger partial charge in [-0.25, -0.2) is 4.99 Å². The zero-order valence-electron chi connectivity index (χ0n) is 15.9. The molecule has 0 fully saturated rings. The van der Waals surface area contributed by atoms with Crippen molar-refractivity contribution in [2.75, 3.05) is 0 Å². The van der Waals surface area contributed by atoms with Crippen LogP contribution in [-0.2, 0) is 4.74 Å². The van der Waals surface area contributed by atoms with Crippen LogP contribution in [0.4, 0.5) is 0 Å². The SMILES string of the molecule is CCCCCCCCCCCC1=NC(C)(C)C(c2ccccc2)O1. The van der Waals surface area contributed by atoms with Crippen LogP contribution in [0.3, 0.4) is 0 Å². The topological polar surface area (TPSA) is 21.6 Å². The monoisotopic (exact) mass is 329 g/mol. The first-order valence-corrected chi connectivity index (χ1v) is 9.94. The molecule has 1 aliphatic heterocycles. The third-order valence-electron chi connectivity index (χ3n) is 4.90. The fourth-order valence-electron chi connectivity index (χ4n) is 3.49. The van der Waals surface area contributed by atoms with Gasteiger partial charge >= 0.3 is 0 Å². The predicted molar refractivity (Wildman–Crippen MR) is 104 cm³/mol. The molecule has 24 heavy (non-hydrogen) atoms. The molecule has 0 radical (unpaired) electrons. The third kappa shape index (κ3) is 5.96. The van der Waals surface area contributed by atoms with Gasteiger partial charge in [-0.2, -0.15) is 0 Å². The van der Waals surface area contributed by atoms with Gasteiger partial charge in [0.15, 0.2) is 5.90 Å². The molecule has 2 rings (SSSR count). The van der Waals surface area contributed by atoms with Gasteiger partial charge in [-0.1, -0.05) is 88.6 Å². The molecular weight excluding hydrogens is 294 g/mol. The molecule has 1 unspecified atom stereocenters. The lowest BCUT2D eigenvalue weighted by Crippen LogP contribution is -2.23. The number of ether oxygens (including phenoxy) is 1. The van der Waals surface area contributed by atoms with Crippen LogP contribution >= 0.6 is 0 Å². The minimum atomic E-state index is -0.157. The second-order valence-corrected chi connectivity index (χ2v) is 7.65. The Morgan fingerprint density at radius 1 is 0.875 bits per heavy atom. The molecule has 0 N–H and O–H groups in total. The highest BCUT2D eigenvalue weighted by molar-refractivity contribution is 5.78. The first kappa shape index (κ1) is 19.0. The van der Waals surface area contributed by atoms with E-state index in [0.29, 0.717) is 0 Å². The molecule has 1 aliphatic rings. The molecule has 1 atom stereocenters. The average Bonchev–Trinajstić information content (AvgIpc) is 2.88. The van der Waals surface area contributed by atoms with Gasteiger partial charge in [0, 0.05) is 6.42 Å². The summed E-state index contributed by atoms with van der Waals surface area (Å²) >= 11 is 0. The van der Waals surface area contributed by atoms with E-state index in [2.05, 4.69) is 51.1 Å². The van der Waals surface area contributed by atoms with Gasteiger partial charge in [-0.15, -0.1) is 0 Å². The van der Waals surface area contributed by atoms with Crippen LogP contribution in [0.5, 0.6) is 0 Å². The number of unbranched alkanes of at least 4 members (excludes halogenated alkanes) is 8. The van der Waals surface area contributed by atoms with Crippen LogP contribution in [0.2, 0.25) is 0 Å². The Labute approximate surface area is 148 Å². The molecule has 1 aromatic rings. The summed E-state index contributed by atoms with van der Waals surface area (Å²) in [7, 11) is 0. The maximum absolute atomic E-state index is 6.18. The second kappa shape index (κ2) is 9.86. The normalized spacial score (nSPS) is 19.1. The van der Waals surface area contributed by atoms with Crippen molar-refractivity contribution in [3.05, 3.63) is 35.9 Å². The summed E-state index contributed by atoms with van der Waals surface area (Å²) in [4.78, 5) is 4.84. The Kier molecular flexibility index (Phi) is 7.81. The third-order valence-corrected chi connectivity index (χ3v) is 4.90. The molecule has 0 saturated carbocycles. The minimum Gasteiger partial charge on any atom is -0.470 e. The number of nitrogens with zero attached hydrogens (tertiary/aromatic N) is 1. The van der Waals surface area contributed by atoms with E-state index in [0.717, 1.165) is 12.3 Å². The van der Waals surface area contributed by atoms with E-state index in [-0.39, 0.29) is 11.6 Å². The molecule has 0 spiro atoms. The molecule has 134 valence electrons. The van der Waals surface area contributed by atoms with Crippen LogP contribution in [-0.4, -0.2) is 11.4 Å². The Balaban J connectivity index is 1.64. The lowest BCUT2D eigenvalue weighted by atomic mass is 9.93. The van der Waals surface area contributed by atoms with Crippen LogP contribution in [0.25, 0.3) is 0 Å². The van der Waals surface area contributed by atoms with Crippen molar-refractivity contribution in [3.63, 3.8) is 0 Å². The van der Waals surface area contributed by atoms with E-state index in [1.165, 1.54) is 63.4 Å². The largest absolute Gasteiger partial charge is 0.470 e. The predicted octanol–water partition coefficient (Wildman–Crippen LogP) is 6.86. The first-order chi connectivity index (χ1) is 11.6. The zero-order chi connectivity index (χ0) is 17.3. The Bertz CT molecular complexity index is 492. The standard InChI is InChI=1S/C22H35NO/c1-4-5-6-7-8-9-10-11-15-18-20-23-22(2,3)21(24-20)19-16-13-12-14-17-19/h12-14,16-17,21H,4-11,15,18H2,1-3H3. The Morgan fingerprint density at radius 3 is 2.08 bits per heavy atom. The summed E-state index contributed by atoms with van der Waals surface area (Å²) in [5, 5.41) is 0. The number of rotatable bonds is 11. The van der Waals surface area contributed by atoms with E-state index < -0.39 is 0 Å². The lowest BCUT2D eigenvalue weighted by Gasteiger charge is -2.23. The molecule has 1 heterocycles. The maximum atomic E-state index is 6.18. The van der Waals surface area contributed by atoms with Gasteiger partial charge in [0.05, 0.1) is 5.54 Å². The van der Waals surface area contributed by atoms with Crippen molar-refractivity contribution in [3.8, 4) is 0 Å². The molecule has 0 aliphatic carbocycles. The van der Waals surface area contributed by atoms with Crippen LogP contribution in [0, 0.1) is 0 Å². The number of hydrogen-bond donors (Lipinski definition) is 0. The molecule has 0 bridgehead atoms. The number of aliphatic imine (C=N–C) groups is 1. The lowest BCUT2D eigenvalue weighted by molar-refractivity contribution is 0.154. The van der Waals surface area contributed by atoms with Crippen LogP contribution in [0.15, 0.2) is 35.3 Å². The number of hydrogen-bond acceptors (Lipinski definition) is 2. The van der Waals surface area contributed by atoms with Gasteiger partial charge in [0.25, 0.3) is 0 Å². The molecule has 0 saturated heterocycles. The summed E-state index contributed by atoms with van der Waals surface area (Å²) in [6.45, 7) is 6.62. The summed E-state index contributed by atoms with van der Waals surface area (Å²) in [5.41, 5.74) is 1.07. The maximum Gasteiger partial charge on any atom is 0.184 e. The highest BCUT2D eigenvalue weighted by Crippen LogP contribution is 2.38. The van der Waals surface area contributed by atoms with E-state index in [1.807, 2.05) is 0 Å². The van der Waals surface area contributed by atoms with Crippen molar-refractivity contribution < 1.29 is 4.74 Å². The van der Waals surface area contributed by atoms with Gasteiger partial charge in [-0.3, -0.25) is 0 Å². The fraction of sp³-hybridized carbons (Fsp3) is 0.682. The van der Waals surface area contributed by atoms with E-state index in [4.69, 9.17) is 9.73 Å². The molecule has 0 aromatic heterocycles. The Hall–Kier alpha value is -1.31. The van der Waals surface area contributed by atoms with Crippen molar-refractivity contribution >= 4 is 5.90 Å². The van der Waals surface area contributed by atoms with Gasteiger partial charge < -0.3 is 4.74 Å². The van der Waals surface area contributed by atoms with Crippen molar-refractivity contribution in [1.82, 2.24) is 0 Å². The smallest absolute Gasteiger partial charge is 0.184 e. The van der Waals surface area contributed by atoms with Crippen molar-refractivity contribution in [1.29, 1.82) is 0 Å². The first-order valence-electron chi connectivity index (χ1n) is 9.94. The van der Waals surface area contributed by atoms with E-state index >= 15 is 0 Å². The highest BCUT2D eigenvalue weighted by atomic mass is 16.5. The molecule has 2 heteroatoms. The minimum absolute atomic E-state index is 0.0623. The average molecular weight is 330 g/mol. The quantitative estimate of drug-likeness (QED) is 0.406. The van der Waals surface area contributed by atoms with E-state index in [9.17, 15) is 0 Å². The van der Waals surface area contributed by atoms with Gasteiger partial charge in [0.2, 0.25) is 0 Å². The van der Waals surface area contributed by atoms with Crippen LogP contribution in [0.1, 0.15) is 96.6 Å². The summed E-state index contributed by atoms with van der Waals surface area (Å²) in [6, 6.07) is 10.5. The Morgan fingerprint density at radius 2 is 1.46 bits per heavy atom. The van der Waals surface area contributed by atoms with Crippen molar-refractivity contribution in [2.24, 2.45) is 4.99 Å². The molecule has 1 aromatic carbocycles.